The smallest absolute Gasteiger partial charge is 0.256 e. The summed E-state index contributed by atoms with van der Waals surface area (Å²) < 4.78 is 0. The number of hydrogen-bond acceptors (Lipinski definition) is 4. The molecule has 0 saturated heterocycles. The van der Waals surface area contributed by atoms with Crippen molar-refractivity contribution in [2.24, 2.45) is 5.73 Å². The van der Waals surface area contributed by atoms with Crippen LogP contribution in [-0.2, 0) is 0 Å². The van der Waals surface area contributed by atoms with E-state index in [9.17, 15) is 9.59 Å². The van der Waals surface area contributed by atoms with E-state index >= 15 is 0 Å². The Bertz CT molecular complexity index is 645. The average molecular weight is 354 g/mol. The minimum atomic E-state index is -0.225. The van der Waals surface area contributed by atoms with Crippen molar-refractivity contribution < 1.29 is 9.59 Å². The maximum absolute atomic E-state index is 12.2. The van der Waals surface area contributed by atoms with Crippen LogP contribution in [0, 0.1) is 0 Å². The van der Waals surface area contributed by atoms with Crippen molar-refractivity contribution in [2.45, 2.75) is 19.4 Å². The second-order valence-corrected chi connectivity index (χ2v) is 5.81. The molecule has 0 spiro atoms. The van der Waals surface area contributed by atoms with Gasteiger partial charge in [0, 0.05) is 18.0 Å². The summed E-state index contributed by atoms with van der Waals surface area (Å²) in [6, 6.07) is 8.72. The number of nitrogens with one attached hydrogen (secondary N) is 2. The number of rotatable bonds is 6. The molecule has 0 saturated carbocycles. The zero-order valence-corrected chi connectivity index (χ0v) is 14.4. The van der Waals surface area contributed by atoms with Crippen molar-refractivity contribution in [1.82, 2.24) is 5.32 Å². The number of para-hydroxylation sites is 1. The first-order valence-corrected chi connectivity index (χ1v) is 7.98. The number of carbonyl (C=O) groups is 2. The molecule has 1 aromatic carbocycles. The van der Waals surface area contributed by atoms with Crippen LogP contribution < -0.4 is 16.4 Å². The molecule has 1 aromatic heterocycles. The van der Waals surface area contributed by atoms with Gasteiger partial charge in [-0.3, -0.25) is 9.59 Å². The van der Waals surface area contributed by atoms with Crippen LogP contribution in [0.25, 0.3) is 0 Å². The van der Waals surface area contributed by atoms with E-state index in [0.29, 0.717) is 29.8 Å². The van der Waals surface area contributed by atoms with Gasteiger partial charge >= 0.3 is 0 Å². The number of carbonyl (C=O) groups excluding carboxylic acids is 2. The van der Waals surface area contributed by atoms with Gasteiger partial charge in [0.15, 0.2) is 0 Å². The third-order valence-corrected chi connectivity index (χ3v) is 3.77. The van der Waals surface area contributed by atoms with E-state index in [1.807, 2.05) is 12.3 Å². The van der Waals surface area contributed by atoms with E-state index in [-0.39, 0.29) is 30.3 Å². The summed E-state index contributed by atoms with van der Waals surface area (Å²) >= 11 is 1.45. The second-order valence-electron chi connectivity index (χ2n) is 5.03. The molecule has 5 nitrogen and oxygen atoms in total. The quantitative estimate of drug-likeness (QED) is 0.746. The molecule has 0 radical (unpaired) electrons. The van der Waals surface area contributed by atoms with Gasteiger partial charge < -0.3 is 16.4 Å². The summed E-state index contributed by atoms with van der Waals surface area (Å²) in [5.41, 5.74) is 7.18. The van der Waals surface area contributed by atoms with E-state index in [2.05, 4.69) is 10.6 Å². The van der Waals surface area contributed by atoms with Crippen LogP contribution in [0.1, 0.15) is 34.1 Å². The van der Waals surface area contributed by atoms with E-state index in [1.165, 1.54) is 11.3 Å². The lowest BCUT2D eigenvalue weighted by molar-refractivity contribution is 0.0953. The topological polar surface area (TPSA) is 84.2 Å². The highest BCUT2D eigenvalue weighted by Gasteiger charge is 2.14. The molecule has 0 fully saturated rings. The molecular weight excluding hydrogens is 334 g/mol. The fourth-order valence-corrected chi connectivity index (χ4v) is 2.52. The van der Waals surface area contributed by atoms with Gasteiger partial charge in [-0.2, -0.15) is 11.3 Å². The Balaban J connectivity index is 0.00000264. The second kappa shape index (κ2) is 9.29. The van der Waals surface area contributed by atoms with Crippen LogP contribution in [0.5, 0.6) is 0 Å². The average Bonchev–Trinajstić information content (AvgIpc) is 3.01. The van der Waals surface area contributed by atoms with Gasteiger partial charge in [0.1, 0.15) is 0 Å². The van der Waals surface area contributed by atoms with Crippen molar-refractivity contribution in [1.29, 1.82) is 0 Å². The molecule has 124 valence electrons. The monoisotopic (exact) mass is 353 g/mol. The molecule has 23 heavy (non-hydrogen) atoms. The molecule has 1 heterocycles. The number of anilines is 1. The van der Waals surface area contributed by atoms with Crippen LogP contribution in [0.3, 0.4) is 0 Å². The molecule has 2 rings (SSSR count). The highest BCUT2D eigenvalue weighted by molar-refractivity contribution is 7.08. The number of halogens is 1. The number of benzene rings is 1. The zero-order valence-electron chi connectivity index (χ0n) is 12.7. The van der Waals surface area contributed by atoms with Crippen LogP contribution in [0.15, 0.2) is 41.1 Å². The molecule has 0 aliphatic carbocycles. The van der Waals surface area contributed by atoms with E-state index in [0.717, 1.165) is 0 Å². The summed E-state index contributed by atoms with van der Waals surface area (Å²) in [4.78, 5) is 24.3. The zero-order chi connectivity index (χ0) is 15.9. The van der Waals surface area contributed by atoms with Crippen molar-refractivity contribution in [3.05, 3.63) is 52.2 Å². The molecule has 7 heteroatoms. The maximum atomic E-state index is 12.2. The highest BCUT2D eigenvalue weighted by atomic mass is 35.5. The number of amides is 2. The fourth-order valence-electron chi connectivity index (χ4n) is 1.89. The number of nitrogens with two attached hydrogens (primary N) is 1. The van der Waals surface area contributed by atoms with Crippen molar-refractivity contribution in [2.75, 3.05) is 11.9 Å². The van der Waals surface area contributed by atoms with E-state index in [1.54, 1.807) is 35.7 Å². The summed E-state index contributed by atoms with van der Waals surface area (Å²) in [7, 11) is 0. The lowest BCUT2D eigenvalue weighted by Gasteiger charge is -2.11. The minimum absolute atomic E-state index is 0. The van der Waals surface area contributed by atoms with Crippen LogP contribution in [0.4, 0.5) is 5.69 Å². The molecule has 4 N–H and O–H groups in total. The molecular formula is C16H20ClN3O2S. The lowest BCUT2D eigenvalue weighted by Crippen LogP contribution is -2.29. The molecule has 0 aliphatic rings. The minimum Gasteiger partial charge on any atom is -0.352 e. The van der Waals surface area contributed by atoms with Crippen LogP contribution >= 0.6 is 23.7 Å². The SMILES string of the molecule is CC(N)CCNC(=O)c1ccccc1NC(=O)c1ccsc1.Cl. The lowest BCUT2D eigenvalue weighted by atomic mass is 10.1. The Morgan fingerprint density at radius 1 is 1.22 bits per heavy atom. The third kappa shape index (κ3) is 5.67. The first-order chi connectivity index (χ1) is 10.6. The van der Waals surface area contributed by atoms with E-state index < -0.39 is 0 Å². The molecule has 2 amide bonds. The predicted octanol–water partition coefficient (Wildman–Crippen LogP) is 2.89. The molecule has 1 unspecified atom stereocenters. The van der Waals surface area contributed by atoms with Gasteiger partial charge in [-0.05, 0) is 36.9 Å². The van der Waals surface area contributed by atoms with Gasteiger partial charge in [-0.1, -0.05) is 12.1 Å². The molecule has 0 aliphatic heterocycles. The van der Waals surface area contributed by atoms with Crippen LogP contribution in [-0.4, -0.2) is 24.4 Å². The number of thiophene rings is 1. The fraction of sp³-hybridized carbons (Fsp3) is 0.250. The summed E-state index contributed by atoms with van der Waals surface area (Å²) in [5, 5.41) is 9.19. The molecule has 1 atom stereocenters. The summed E-state index contributed by atoms with van der Waals surface area (Å²) in [6.45, 7) is 2.39. The van der Waals surface area contributed by atoms with Gasteiger partial charge in [-0.15, -0.1) is 12.4 Å². The maximum Gasteiger partial charge on any atom is 0.256 e. The van der Waals surface area contributed by atoms with Crippen LogP contribution in [0.2, 0.25) is 0 Å². The molecule has 0 bridgehead atoms. The van der Waals surface area contributed by atoms with Gasteiger partial charge in [-0.25, -0.2) is 0 Å². The summed E-state index contributed by atoms with van der Waals surface area (Å²) in [6.07, 6.45) is 0.704. The third-order valence-electron chi connectivity index (χ3n) is 3.09. The van der Waals surface area contributed by atoms with Crippen molar-refractivity contribution in [3.63, 3.8) is 0 Å². The largest absolute Gasteiger partial charge is 0.352 e. The molecule has 2 aromatic rings. The number of hydrogen-bond donors (Lipinski definition) is 3. The predicted molar refractivity (Wildman–Crippen MR) is 96.6 cm³/mol. The summed E-state index contributed by atoms with van der Waals surface area (Å²) in [5.74, 6) is -0.445. The first-order valence-electron chi connectivity index (χ1n) is 7.04. The standard InChI is InChI=1S/C16H19N3O2S.ClH/c1-11(17)6-8-18-16(21)13-4-2-3-5-14(13)19-15(20)12-7-9-22-10-12;/h2-5,7,9-11H,6,8,17H2,1H3,(H,18,21)(H,19,20);1H. The van der Waals surface area contributed by atoms with Gasteiger partial charge in [0.2, 0.25) is 0 Å². The highest BCUT2D eigenvalue weighted by Crippen LogP contribution is 2.17. The Hall–Kier alpha value is -1.89. The van der Waals surface area contributed by atoms with Crippen molar-refractivity contribution >= 4 is 41.2 Å². The van der Waals surface area contributed by atoms with Crippen molar-refractivity contribution in [3.8, 4) is 0 Å². The normalized spacial score (nSPS) is 11.2. The Kier molecular flexibility index (Phi) is 7.74. The Morgan fingerprint density at radius 3 is 2.61 bits per heavy atom. The Morgan fingerprint density at radius 2 is 1.96 bits per heavy atom. The first kappa shape index (κ1) is 19.2. The van der Waals surface area contributed by atoms with Gasteiger partial charge in [0.25, 0.3) is 11.8 Å². The Labute approximate surface area is 145 Å². The van der Waals surface area contributed by atoms with E-state index in [4.69, 9.17) is 5.73 Å². The van der Waals surface area contributed by atoms with Gasteiger partial charge in [0.05, 0.1) is 16.8 Å².